The van der Waals surface area contributed by atoms with Crippen LogP contribution < -0.4 is 0 Å². The molecule has 80 valence electrons. The molecule has 1 N–H and O–H groups in total. The molecule has 0 bridgehead atoms. The summed E-state index contributed by atoms with van der Waals surface area (Å²) in [5.74, 6) is 0.294. The highest BCUT2D eigenvalue weighted by Crippen LogP contribution is 2.51. The van der Waals surface area contributed by atoms with Crippen molar-refractivity contribution in [2.24, 2.45) is 17.8 Å². The quantitative estimate of drug-likeness (QED) is 0.680. The highest BCUT2D eigenvalue weighted by Gasteiger charge is 2.59. The first kappa shape index (κ1) is 9.93. The van der Waals surface area contributed by atoms with Crippen molar-refractivity contribution in [3.05, 3.63) is 0 Å². The van der Waals surface area contributed by atoms with Gasteiger partial charge in [0.1, 0.15) is 0 Å². The summed E-state index contributed by atoms with van der Waals surface area (Å²) in [7, 11) is 4.13. The molecule has 4 heteroatoms. The number of hydrogen-bond donors (Lipinski definition) is 1. The fraction of sp³-hybridized carbons (Fsp3) is 0.900. The van der Waals surface area contributed by atoms with Crippen molar-refractivity contribution in [3.8, 4) is 0 Å². The van der Waals surface area contributed by atoms with Crippen LogP contribution >= 0.6 is 0 Å². The van der Waals surface area contributed by atoms with E-state index in [-0.39, 0.29) is 5.92 Å². The third-order valence-electron chi connectivity index (χ3n) is 3.42. The van der Waals surface area contributed by atoms with Crippen LogP contribution in [-0.2, 0) is 4.79 Å². The Kier molecular flexibility index (Phi) is 2.49. The summed E-state index contributed by atoms with van der Waals surface area (Å²) < 4.78 is 0. The molecule has 4 nitrogen and oxygen atoms in total. The van der Waals surface area contributed by atoms with Crippen LogP contribution in [0.5, 0.6) is 0 Å². The molecule has 0 spiro atoms. The van der Waals surface area contributed by atoms with Crippen LogP contribution in [0.3, 0.4) is 0 Å². The van der Waals surface area contributed by atoms with E-state index in [1.54, 1.807) is 0 Å². The Morgan fingerprint density at radius 1 is 1.43 bits per heavy atom. The van der Waals surface area contributed by atoms with Gasteiger partial charge in [0.05, 0.1) is 5.92 Å². The Balaban J connectivity index is 1.71. The number of piperidine rings is 1. The van der Waals surface area contributed by atoms with E-state index < -0.39 is 5.97 Å². The van der Waals surface area contributed by atoms with Crippen LogP contribution in [0.4, 0.5) is 0 Å². The fourth-order valence-electron chi connectivity index (χ4n) is 2.50. The van der Waals surface area contributed by atoms with Crippen LogP contribution in [0.25, 0.3) is 0 Å². The van der Waals surface area contributed by atoms with E-state index in [4.69, 9.17) is 5.11 Å². The number of likely N-dealkylation sites (N-methyl/N-ethyl adjacent to an activating group) is 1. The van der Waals surface area contributed by atoms with Gasteiger partial charge in [-0.3, -0.25) is 4.79 Å². The number of hydrogen-bond acceptors (Lipinski definition) is 3. The van der Waals surface area contributed by atoms with Crippen LogP contribution in [-0.4, -0.2) is 61.2 Å². The first-order chi connectivity index (χ1) is 6.59. The molecule has 0 aromatic rings. The number of likely N-dealkylation sites (tertiary alicyclic amines) is 1. The summed E-state index contributed by atoms with van der Waals surface area (Å²) in [6, 6.07) is 0. The molecule has 1 saturated heterocycles. The van der Waals surface area contributed by atoms with Crippen LogP contribution in [0.2, 0.25) is 0 Å². The highest BCUT2D eigenvalue weighted by atomic mass is 16.4. The summed E-state index contributed by atoms with van der Waals surface area (Å²) in [5, 5.41) is 8.84. The second kappa shape index (κ2) is 3.51. The van der Waals surface area contributed by atoms with Crippen molar-refractivity contribution in [2.75, 3.05) is 40.3 Å². The molecule has 0 aromatic heterocycles. The molecule has 2 rings (SSSR count). The average Bonchev–Trinajstić information content (AvgIpc) is 2.61. The van der Waals surface area contributed by atoms with Crippen molar-refractivity contribution in [1.29, 1.82) is 0 Å². The van der Waals surface area contributed by atoms with Gasteiger partial charge in [-0.1, -0.05) is 0 Å². The number of carbonyl (C=O) groups is 1. The van der Waals surface area contributed by atoms with E-state index in [0.29, 0.717) is 11.8 Å². The minimum absolute atomic E-state index is 0.0226. The predicted octanol–water partition coefficient (Wildman–Crippen LogP) is -0.190. The third kappa shape index (κ3) is 1.77. The summed E-state index contributed by atoms with van der Waals surface area (Å²) in [6.45, 7) is 4.13. The normalized spacial score (nSPS) is 36.1. The molecule has 1 heterocycles. The second-order valence-electron chi connectivity index (χ2n) is 4.75. The number of fused-ring (bicyclic) bond motifs is 1. The summed E-state index contributed by atoms with van der Waals surface area (Å²) in [4.78, 5) is 15.3. The largest absolute Gasteiger partial charge is 0.481 e. The van der Waals surface area contributed by atoms with E-state index >= 15 is 0 Å². The highest BCUT2D eigenvalue weighted by molar-refractivity contribution is 5.74. The van der Waals surface area contributed by atoms with Crippen LogP contribution in [0.1, 0.15) is 0 Å². The maximum atomic E-state index is 10.7. The first-order valence-electron chi connectivity index (χ1n) is 5.19. The topological polar surface area (TPSA) is 43.8 Å². The molecule has 1 aliphatic heterocycles. The molecule has 2 unspecified atom stereocenters. The lowest BCUT2D eigenvalue weighted by Gasteiger charge is -2.20. The van der Waals surface area contributed by atoms with Gasteiger partial charge in [-0.15, -0.1) is 0 Å². The van der Waals surface area contributed by atoms with Gasteiger partial charge in [0.2, 0.25) is 0 Å². The molecule has 14 heavy (non-hydrogen) atoms. The number of carboxylic acids is 1. The Hall–Kier alpha value is -0.610. The van der Waals surface area contributed by atoms with Crippen LogP contribution in [0.15, 0.2) is 0 Å². The number of carboxylic acid groups (broad SMARTS) is 1. The van der Waals surface area contributed by atoms with Crippen LogP contribution in [0, 0.1) is 17.8 Å². The molecule has 2 atom stereocenters. The first-order valence-corrected chi connectivity index (χ1v) is 5.19. The molecule has 0 radical (unpaired) electrons. The summed E-state index contributed by atoms with van der Waals surface area (Å²) in [6.07, 6.45) is 0. The molecule has 1 aliphatic carbocycles. The Labute approximate surface area is 84.5 Å². The van der Waals surface area contributed by atoms with Gasteiger partial charge >= 0.3 is 5.97 Å². The Morgan fingerprint density at radius 3 is 2.43 bits per heavy atom. The van der Waals surface area contributed by atoms with E-state index in [1.807, 2.05) is 0 Å². The molecule has 2 fully saturated rings. The van der Waals surface area contributed by atoms with Gasteiger partial charge in [0, 0.05) is 26.2 Å². The Morgan fingerprint density at radius 2 is 2.00 bits per heavy atom. The third-order valence-corrected chi connectivity index (χ3v) is 3.42. The van der Waals surface area contributed by atoms with Gasteiger partial charge in [-0.25, -0.2) is 0 Å². The van der Waals surface area contributed by atoms with E-state index in [9.17, 15) is 4.79 Å². The molecule has 1 saturated carbocycles. The lowest BCUT2D eigenvalue weighted by Crippen LogP contribution is -2.32. The van der Waals surface area contributed by atoms with Crippen molar-refractivity contribution < 1.29 is 9.90 Å². The zero-order valence-corrected chi connectivity index (χ0v) is 8.81. The summed E-state index contributed by atoms with van der Waals surface area (Å²) >= 11 is 0. The average molecular weight is 198 g/mol. The SMILES string of the molecule is CN(C)CCN1CC2C(C1)C2C(=O)O. The zero-order valence-electron chi connectivity index (χ0n) is 8.81. The lowest BCUT2D eigenvalue weighted by molar-refractivity contribution is -0.139. The van der Waals surface area contributed by atoms with E-state index in [2.05, 4.69) is 23.9 Å². The maximum absolute atomic E-state index is 10.7. The Bertz CT molecular complexity index is 230. The van der Waals surface area contributed by atoms with E-state index in [1.165, 1.54) is 0 Å². The molecule has 0 aromatic carbocycles. The number of rotatable bonds is 4. The fourth-order valence-corrected chi connectivity index (χ4v) is 2.50. The molecule has 0 amide bonds. The van der Waals surface area contributed by atoms with Crippen molar-refractivity contribution in [2.45, 2.75) is 0 Å². The second-order valence-corrected chi connectivity index (χ2v) is 4.75. The maximum Gasteiger partial charge on any atom is 0.307 e. The smallest absolute Gasteiger partial charge is 0.307 e. The summed E-state index contributed by atoms with van der Waals surface area (Å²) in [5.41, 5.74) is 0. The van der Waals surface area contributed by atoms with Crippen molar-refractivity contribution >= 4 is 5.97 Å². The number of aliphatic carboxylic acids is 1. The van der Waals surface area contributed by atoms with Gasteiger partial charge in [0.25, 0.3) is 0 Å². The lowest BCUT2D eigenvalue weighted by atomic mass is 10.2. The molecular weight excluding hydrogens is 180 g/mol. The van der Waals surface area contributed by atoms with Crippen molar-refractivity contribution in [3.63, 3.8) is 0 Å². The van der Waals surface area contributed by atoms with Crippen molar-refractivity contribution in [1.82, 2.24) is 9.80 Å². The standard InChI is InChI=1S/C10H18N2O2/c1-11(2)3-4-12-5-7-8(6-12)9(7)10(13)14/h7-9H,3-6H2,1-2H3,(H,13,14). The number of nitrogens with zero attached hydrogens (tertiary/aromatic N) is 2. The van der Waals surface area contributed by atoms with Gasteiger partial charge in [0.15, 0.2) is 0 Å². The molecule has 2 aliphatic rings. The van der Waals surface area contributed by atoms with Gasteiger partial charge in [-0.2, -0.15) is 0 Å². The molecular formula is C10H18N2O2. The predicted molar refractivity (Wildman–Crippen MR) is 53.1 cm³/mol. The van der Waals surface area contributed by atoms with E-state index in [0.717, 1.165) is 26.2 Å². The van der Waals surface area contributed by atoms with Gasteiger partial charge in [-0.05, 0) is 25.9 Å². The van der Waals surface area contributed by atoms with Gasteiger partial charge < -0.3 is 14.9 Å². The zero-order chi connectivity index (χ0) is 10.3. The minimum Gasteiger partial charge on any atom is -0.481 e. The minimum atomic E-state index is -0.591. The monoisotopic (exact) mass is 198 g/mol.